The van der Waals surface area contributed by atoms with Gasteiger partial charge in [0.2, 0.25) is 5.91 Å². The third-order valence-corrected chi connectivity index (χ3v) is 3.44. The minimum atomic E-state index is -0.295. The van der Waals surface area contributed by atoms with E-state index in [9.17, 15) is 4.79 Å². The zero-order valence-electron chi connectivity index (χ0n) is 9.93. The molecule has 1 aliphatic heterocycles. The van der Waals surface area contributed by atoms with Crippen LogP contribution < -0.4 is 5.32 Å². The predicted octanol–water partition coefficient (Wildman–Crippen LogP) is 3.31. The van der Waals surface area contributed by atoms with Gasteiger partial charge in [-0.2, -0.15) is 10.2 Å². The Morgan fingerprint density at radius 2 is 2.12 bits per heavy atom. The molecule has 90 valence electrons. The fourth-order valence-corrected chi connectivity index (χ4v) is 2.05. The summed E-state index contributed by atoms with van der Waals surface area (Å²) in [6, 6.07) is 7.79. The second-order valence-electron chi connectivity index (χ2n) is 4.17. The Kier molecular flexibility index (Phi) is 3.47. The number of hydrogen-bond donors (Lipinski definition) is 1. The molecular formula is C12H15N3OS. The van der Waals surface area contributed by atoms with E-state index in [-0.39, 0.29) is 11.6 Å². The van der Waals surface area contributed by atoms with Gasteiger partial charge in [-0.15, -0.1) is 11.8 Å². The molecule has 1 aromatic rings. The molecule has 1 aromatic carbocycles. The number of para-hydroxylation sites is 1. The van der Waals surface area contributed by atoms with Gasteiger partial charge in [0, 0.05) is 17.7 Å². The minimum absolute atomic E-state index is 0.0185. The van der Waals surface area contributed by atoms with Crippen LogP contribution >= 0.6 is 11.8 Å². The number of rotatable bonds is 5. The first kappa shape index (κ1) is 12.1. The van der Waals surface area contributed by atoms with Gasteiger partial charge in [-0.05, 0) is 25.3 Å². The number of nitrogens with zero attached hydrogens (tertiary/aromatic N) is 2. The van der Waals surface area contributed by atoms with Gasteiger partial charge in [0.05, 0.1) is 5.69 Å². The first-order valence-corrected chi connectivity index (χ1v) is 6.72. The number of amides is 1. The van der Waals surface area contributed by atoms with E-state index < -0.39 is 0 Å². The topological polar surface area (TPSA) is 53.8 Å². The van der Waals surface area contributed by atoms with E-state index in [0.29, 0.717) is 12.8 Å². The summed E-state index contributed by atoms with van der Waals surface area (Å²) in [6.07, 6.45) is 3.13. The molecular weight excluding hydrogens is 234 g/mol. The number of thioether (sulfide) groups is 1. The van der Waals surface area contributed by atoms with Crippen molar-refractivity contribution in [2.45, 2.75) is 30.3 Å². The maximum Gasteiger partial charge on any atom is 0.224 e. The summed E-state index contributed by atoms with van der Waals surface area (Å²) in [5.41, 5.74) is 0.580. The van der Waals surface area contributed by atoms with Gasteiger partial charge < -0.3 is 5.32 Å². The van der Waals surface area contributed by atoms with Crippen molar-refractivity contribution in [2.75, 3.05) is 11.6 Å². The van der Waals surface area contributed by atoms with Crippen molar-refractivity contribution in [3.8, 4) is 0 Å². The molecule has 5 heteroatoms. The van der Waals surface area contributed by atoms with Crippen LogP contribution in [-0.4, -0.2) is 17.8 Å². The van der Waals surface area contributed by atoms with Crippen molar-refractivity contribution >= 4 is 23.4 Å². The molecule has 0 bridgehead atoms. The molecule has 0 atom stereocenters. The molecule has 0 aromatic heterocycles. The van der Waals surface area contributed by atoms with Gasteiger partial charge in [0.15, 0.2) is 5.66 Å². The van der Waals surface area contributed by atoms with Crippen LogP contribution in [0.4, 0.5) is 5.69 Å². The normalized spacial score (nSPS) is 15.6. The van der Waals surface area contributed by atoms with Crippen LogP contribution in [0, 0.1) is 0 Å². The van der Waals surface area contributed by atoms with Crippen molar-refractivity contribution in [3.05, 3.63) is 24.3 Å². The molecule has 1 amide bonds. The molecule has 0 unspecified atom stereocenters. The Morgan fingerprint density at radius 3 is 2.76 bits per heavy atom. The molecule has 0 saturated heterocycles. The Morgan fingerprint density at radius 1 is 1.41 bits per heavy atom. The van der Waals surface area contributed by atoms with E-state index in [1.807, 2.05) is 37.4 Å². The Bertz CT molecular complexity index is 453. The Hall–Kier alpha value is -1.36. The van der Waals surface area contributed by atoms with Gasteiger partial charge in [-0.25, -0.2) is 0 Å². The summed E-state index contributed by atoms with van der Waals surface area (Å²) in [7, 11) is 0. The van der Waals surface area contributed by atoms with Crippen molar-refractivity contribution in [1.82, 2.24) is 0 Å². The molecule has 0 radical (unpaired) electrons. The van der Waals surface area contributed by atoms with Crippen molar-refractivity contribution in [3.63, 3.8) is 0 Å². The number of hydrogen-bond acceptors (Lipinski definition) is 4. The van der Waals surface area contributed by atoms with Crippen molar-refractivity contribution in [2.24, 2.45) is 10.2 Å². The lowest BCUT2D eigenvalue weighted by Gasteiger charge is -2.09. The molecule has 2 rings (SSSR count). The Balaban J connectivity index is 1.88. The molecule has 17 heavy (non-hydrogen) atoms. The number of nitrogens with one attached hydrogen (secondary N) is 1. The van der Waals surface area contributed by atoms with E-state index in [2.05, 4.69) is 15.5 Å². The van der Waals surface area contributed by atoms with Gasteiger partial charge in [-0.1, -0.05) is 12.1 Å². The zero-order chi connectivity index (χ0) is 12.3. The van der Waals surface area contributed by atoms with Gasteiger partial charge in [0.1, 0.15) is 0 Å². The van der Waals surface area contributed by atoms with Gasteiger partial charge in [0.25, 0.3) is 0 Å². The average molecular weight is 249 g/mol. The summed E-state index contributed by atoms with van der Waals surface area (Å²) in [6.45, 7) is 1.93. The monoisotopic (exact) mass is 249 g/mol. The van der Waals surface area contributed by atoms with Crippen LogP contribution in [0.1, 0.15) is 19.8 Å². The van der Waals surface area contributed by atoms with Gasteiger partial charge in [-0.3, -0.25) is 4.79 Å². The van der Waals surface area contributed by atoms with Crippen LogP contribution in [0.15, 0.2) is 39.4 Å². The van der Waals surface area contributed by atoms with E-state index in [0.717, 1.165) is 10.6 Å². The maximum atomic E-state index is 11.8. The second-order valence-corrected chi connectivity index (χ2v) is 5.01. The fraction of sp³-hybridized carbons (Fsp3) is 0.417. The number of carbonyl (C=O) groups is 1. The van der Waals surface area contributed by atoms with Crippen LogP contribution in [0.2, 0.25) is 0 Å². The van der Waals surface area contributed by atoms with Crippen LogP contribution in [0.25, 0.3) is 0 Å². The Labute approximate surface area is 105 Å². The predicted molar refractivity (Wildman–Crippen MR) is 69.3 cm³/mol. The smallest absolute Gasteiger partial charge is 0.224 e. The van der Waals surface area contributed by atoms with Crippen LogP contribution in [0.3, 0.4) is 0 Å². The van der Waals surface area contributed by atoms with E-state index >= 15 is 0 Å². The molecule has 4 nitrogen and oxygen atoms in total. The standard InChI is InChI=1S/C12H15N3OS/c1-12(14-15-12)8-7-11(16)13-9-5-3-4-6-10(9)17-2/h3-6H,7-8H2,1-2H3,(H,13,16). The van der Waals surface area contributed by atoms with Gasteiger partial charge >= 0.3 is 0 Å². The van der Waals surface area contributed by atoms with Crippen molar-refractivity contribution < 1.29 is 4.79 Å². The first-order valence-electron chi connectivity index (χ1n) is 5.50. The highest BCUT2D eigenvalue weighted by atomic mass is 32.2. The molecule has 1 aliphatic rings. The van der Waals surface area contributed by atoms with E-state index in [1.165, 1.54) is 0 Å². The molecule has 0 fully saturated rings. The molecule has 0 aliphatic carbocycles. The average Bonchev–Trinajstić information content (AvgIpc) is 3.06. The highest BCUT2D eigenvalue weighted by molar-refractivity contribution is 7.98. The van der Waals surface area contributed by atoms with Crippen LogP contribution in [-0.2, 0) is 4.79 Å². The quantitative estimate of drug-likeness (QED) is 0.814. The maximum absolute atomic E-state index is 11.8. The summed E-state index contributed by atoms with van der Waals surface area (Å²) >= 11 is 1.62. The lowest BCUT2D eigenvalue weighted by atomic mass is 10.1. The third kappa shape index (κ3) is 3.30. The second kappa shape index (κ2) is 4.87. The zero-order valence-corrected chi connectivity index (χ0v) is 10.8. The number of carbonyl (C=O) groups excluding carboxylic acids is 1. The largest absolute Gasteiger partial charge is 0.325 e. The summed E-state index contributed by atoms with van der Waals surface area (Å²) < 4.78 is 0. The van der Waals surface area contributed by atoms with Crippen molar-refractivity contribution in [1.29, 1.82) is 0 Å². The number of anilines is 1. The first-order chi connectivity index (χ1) is 8.13. The lowest BCUT2D eigenvalue weighted by molar-refractivity contribution is -0.116. The summed E-state index contributed by atoms with van der Waals surface area (Å²) in [4.78, 5) is 12.8. The highest BCUT2D eigenvalue weighted by Gasteiger charge is 2.33. The molecule has 1 heterocycles. The summed E-state index contributed by atoms with van der Waals surface area (Å²) in [5.74, 6) is 0.0185. The van der Waals surface area contributed by atoms with E-state index in [4.69, 9.17) is 0 Å². The lowest BCUT2D eigenvalue weighted by Crippen LogP contribution is -2.15. The van der Waals surface area contributed by atoms with E-state index in [1.54, 1.807) is 11.8 Å². The molecule has 0 saturated carbocycles. The number of benzene rings is 1. The molecule has 1 N–H and O–H groups in total. The molecule has 0 spiro atoms. The SMILES string of the molecule is CSc1ccccc1NC(=O)CCC1(C)N=N1. The third-order valence-electron chi connectivity index (χ3n) is 2.65. The fourth-order valence-electron chi connectivity index (χ4n) is 1.50. The summed E-state index contributed by atoms with van der Waals surface area (Å²) in [5, 5.41) is 10.7. The minimum Gasteiger partial charge on any atom is -0.325 e. The highest BCUT2D eigenvalue weighted by Crippen LogP contribution is 2.32. The van der Waals surface area contributed by atoms with Crippen LogP contribution in [0.5, 0.6) is 0 Å².